The van der Waals surface area contributed by atoms with Gasteiger partial charge in [0.2, 0.25) is 0 Å². The van der Waals surface area contributed by atoms with Crippen molar-refractivity contribution in [2.24, 2.45) is 0 Å². The highest BCUT2D eigenvalue weighted by molar-refractivity contribution is 9.10. The number of aliphatic hydroxyl groups excluding tert-OH is 1. The summed E-state index contributed by atoms with van der Waals surface area (Å²) in [7, 11) is -4.19. The second-order valence-corrected chi connectivity index (χ2v) is 7.19. The van der Waals surface area contributed by atoms with Crippen LogP contribution in [-0.4, -0.2) is 54.4 Å². The lowest BCUT2D eigenvalue weighted by Crippen LogP contribution is -2.39. The zero-order valence-corrected chi connectivity index (χ0v) is 13.8. The number of phosphoric ester groups is 1. The van der Waals surface area contributed by atoms with Gasteiger partial charge < -0.3 is 20.5 Å². The van der Waals surface area contributed by atoms with Gasteiger partial charge in [-0.3, -0.25) is 13.6 Å². The molecule has 0 spiro atoms. The summed E-state index contributed by atoms with van der Waals surface area (Å²) in [6, 6.07) is 0. The molecule has 0 amide bonds. The number of anilines is 1. The van der Waals surface area contributed by atoms with Crippen LogP contribution in [0.5, 0.6) is 0 Å². The average molecular weight is 408 g/mol. The predicted molar refractivity (Wildman–Crippen MR) is 78.0 cm³/mol. The number of rotatable bonds is 1. The van der Waals surface area contributed by atoms with Crippen LogP contribution in [0.1, 0.15) is 6.23 Å². The van der Waals surface area contributed by atoms with E-state index >= 15 is 0 Å². The topological polar surface area (TPSA) is 155 Å². The number of hydrogen-bond donors (Lipinski definition) is 3. The van der Waals surface area contributed by atoms with E-state index in [9.17, 15) is 14.6 Å². The number of imidazole rings is 1. The van der Waals surface area contributed by atoms with Crippen molar-refractivity contribution in [1.82, 2.24) is 19.5 Å². The van der Waals surface area contributed by atoms with Crippen LogP contribution in [0.3, 0.4) is 0 Å². The number of hydrogen-bond acceptors (Lipinski definition) is 9. The van der Waals surface area contributed by atoms with E-state index in [1.165, 1.54) is 10.9 Å². The molecule has 0 aromatic carbocycles. The van der Waals surface area contributed by atoms with E-state index in [4.69, 9.17) is 19.5 Å². The third-order valence-electron chi connectivity index (χ3n) is 3.68. The minimum Gasteiger partial charge on any atom is -0.386 e. The fourth-order valence-electron chi connectivity index (χ4n) is 2.67. The summed E-state index contributed by atoms with van der Waals surface area (Å²) in [5, 5.41) is 10.5. The molecule has 2 aromatic rings. The lowest BCUT2D eigenvalue weighted by molar-refractivity contribution is -0.0669. The minimum atomic E-state index is -4.19. The number of nitrogens with two attached hydrogens (primary N) is 1. The minimum absolute atomic E-state index is 0.173. The van der Waals surface area contributed by atoms with Crippen LogP contribution in [0.15, 0.2) is 11.1 Å². The Morgan fingerprint density at radius 1 is 1.48 bits per heavy atom. The highest BCUT2D eigenvalue weighted by atomic mass is 79.9. The molecule has 2 saturated heterocycles. The van der Waals surface area contributed by atoms with Gasteiger partial charge in [-0.2, -0.15) is 0 Å². The van der Waals surface area contributed by atoms with Gasteiger partial charge in [0.25, 0.3) is 0 Å². The maximum absolute atomic E-state index is 11.5. The first-order valence-corrected chi connectivity index (χ1v) is 8.79. The molecule has 2 aliphatic heterocycles. The lowest BCUT2D eigenvalue weighted by Gasteiger charge is -2.27. The molecule has 4 N–H and O–H groups in total. The van der Waals surface area contributed by atoms with Crippen molar-refractivity contribution in [3.63, 3.8) is 0 Å². The van der Waals surface area contributed by atoms with Crippen molar-refractivity contribution in [2.45, 2.75) is 24.5 Å². The molecular formula is C10H11BrN5O6P. The molecule has 11 nitrogen and oxygen atoms in total. The molecule has 1 unspecified atom stereocenters. The highest BCUT2D eigenvalue weighted by Crippen LogP contribution is 2.52. The number of aliphatic hydroxyl groups is 1. The number of ether oxygens (including phenoxy) is 1. The Morgan fingerprint density at radius 2 is 2.26 bits per heavy atom. The van der Waals surface area contributed by atoms with Gasteiger partial charge in [-0.15, -0.1) is 0 Å². The van der Waals surface area contributed by atoms with E-state index in [0.29, 0.717) is 15.9 Å². The Hall–Kier alpha value is -1.14. The quantitative estimate of drug-likeness (QED) is 0.432. The number of phosphoric acid groups is 1. The summed E-state index contributed by atoms with van der Waals surface area (Å²) in [6.07, 6.45) is -2.62. The molecule has 4 rings (SSSR count). The molecule has 0 radical (unpaired) electrons. The van der Waals surface area contributed by atoms with E-state index in [0.717, 1.165) is 0 Å². The predicted octanol–water partition coefficient (Wildman–Crippen LogP) is -0.0549. The van der Waals surface area contributed by atoms with Crippen LogP contribution < -0.4 is 5.73 Å². The van der Waals surface area contributed by atoms with Crippen LogP contribution in [0.25, 0.3) is 11.2 Å². The summed E-state index contributed by atoms with van der Waals surface area (Å²) in [4.78, 5) is 21.5. The summed E-state index contributed by atoms with van der Waals surface area (Å²) in [6.45, 7) is -0.173. The molecule has 2 aromatic heterocycles. The monoisotopic (exact) mass is 407 g/mol. The standard InChI is InChI=1S/C10H11BrN5O6P/c11-10-15-4-7(12)13-2-14-8(4)16(10)9-5(17)6-3(21-9)1-20-23(18,19)22-6/h2-3,5-6,9,17H,1H2,(H,18,19)(H2,12,13,14)/t3-,5-,6-,9+/m0/s1. The van der Waals surface area contributed by atoms with E-state index in [2.05, 4.69) is 30.9 Å². The largest absolute Gasteiger partial charge is 0.472 e. The number of fused-ring (bicyclic) bond motifs is 2. The lowest BCUT2D eigenvalue weighted by atomic mass is 10.1. The van der Waals surface area contributed by atoms with E-state index in [-0.39, 0.29) is 12.4 Å². The molecule has 23 heavy (non-hydrogen) atoms. The molecule has 2 aliphatic rings. The Kier molecular flexibility index (Phi) is 3.47. The molecule has 0 aliphatic carbocycles. The SMILES string of the molecule is Nc1ncnc2c1nc(Br)n2[C@@H]1O[C@H]2COP(=O)(O)O[C@@H]2[C@@H]1O. The fraction of sp³-hybridized carbons (Fsp3) is 0.500. The number of nitrogen functional groups attached to an aromatic ring is 1. The van der Waals surface area contributed by atoms with Crippen molar-refractivity contribution in [2.75, 3.05) is 12.3 Å². The van der Waals surface area contributed by atoms with Gasteiger partial charge in [0.1, 0.15) is 24.6 Å². The van der Waals surface area contributed by atoms with Crippen LogP contribution >= 0.6 is 23.8 Å². The Labute approximate surface area is 137 Å². The Morgan fingerprint density at radius 3 is 3.04 bits per heavy atom. The van der Waals surface area contributed by atoms with E-state index < -0.39 is 32.4 Å². The average Bonchev–Trinajstić information content (AvgIpc) is 2.97. The van der Waals surface area contributed by atoms with Crippen LogP contribution in [0.2, 0.25) is 0 Å². The first-order valence-electron chi connectivity index (χ1n) is 6.50. The van der Waals surface area contributed by atoms with Crippen molar-refractivity contribution in [1.29, 1.82) is 0 Å². The third kappa shape index (κ3) is 2.38. The van der Waals surface area contributed by atoms with Crippen LogP contribution in [0.4, 0.5) is 5.82 Å². The highest BCUT2D eigenvalue weighted by Gasteiger charge is 2.53. The first kappa shape index (κ1) is 15.4. The van der Waals surface area contributed by atoms with Gasteiger partial charge in [0, 0.05) is 0 Å². The van der Waals surface area contributed by atoms with Gasteiger partial charge in [-0.25, -0.2) is 19.5 Å². The smallest absolute Gasteiger partial charge is 0.386 e. The molecule has 0 bridgehead atoms. The molecule has 124 valence electrons. The van der Waals surface area contributed by atoms with E-state index in [1.807, 2.05) is 0 Å². The van der Waals surface area contributed by atoms with Crippen molar-refractivity contribution >= 4 is 40.7 Å². The molecular weight excluding hydrogens is 397 g/mol. The van der Waals surface area contributed by atoms with Crippen LogP contribution in [0, 0.1) is 0 Å². The van der Waals surface area contributed by atoms with Gasteiger partial charge in [0.05, 0.1) is 6.61 Å². The summed E-state index contributed by atoms with van der Waals surface area (Å²) in [5.41, 5.74) is 6.45. The van der Waals surface area contributed by atoms with Crippen molar-refractivity contribution in [3.8, 4) is 0 Å². The zero-order valence-electron chi connectivity index (χ0n) is 11.3. The Balaban J connectivity index is 1.76. The van der Waals surface area contributed by atoms with Gasteiger partial charge in [-0.05, 0) is 15.9 Å². The maximum Gasteiger partial charge on any atom is 0.472 e. The van der Waals surface area contributed by atoms with Gasteiger partial charge >= 0.3 is 7.82 Å². The molecule has 5 atom stereocenters. The van der Waals surface area contributed by atoms with Crippen molar-refractivity contribution in [3.05, 3.63) is 11.1 Å². The first-order chi connectivity index (χ1) is 10.9. The fourth-order valence-corrected chi connectivity index (χ4v) is 4.19. The second kappa shape index (κ2) is 5.18. The maximum atomic E-state index is 11.5. The second-order valence-electron chi connectivity index (χ2n) is 5.07. The number of aromatic nitrogens is 4. The molecule has 4 heterocycles. The molecule has 0 saturated carbocycles. The Bertz CT molecular complexity index is 831. The van der Waals surface area contributed by atoms with Gasteiger partial charge in [0.15, 0.2) is 27.9 Å². The molecule has 13 heteroatoms. The van der Waals surface area contributed by atoms with Crippen molar-refractivity contribution < 1.29 is 28.3 Å². The number of halogens is 1. The van der Waals surface area contributed by atoms with E-state index in [1.54, 1.807) is 0 Å². The summed E-state index contributed by atoms with van der Waals surface area (Å²) >= 11 is 3.26. The normalized spacial score (nSPS) is 37.2. The third-order valence-corrected chi connectivity index (χ3v) is 5.23. The zero-order chi connectivity index (χ0) is 16.4. The summed E-state index contributed by atoms with van der Waals surface area (Å²) < 4.78 is 28.6. The van der Waals surface area contributed by atoms with Gasteiger partial charge in [-0.1, -0.05) is 0 Å². The summed E-state index contributed by atoms with van der Waals surface area (Å²) in [5.74, 6) is 0.179. The molecule has 2 fully saturated rings. The number of nitrogens with zero attached hydrogens (tertiary/aromatic N) is 4. The van der Waals surface area contributed by atoms with Crippen LogP contribution in [-0.2, 0) is 18.3 Å².